The van der Waals surface area contributed by atoms with Crippen LogP contribution >= 0.6 is 0 Å². The molecule has 0 aromatic carbocycles. The fraction of sp³-hybridized carbons (Fsp3) is 0.417. The van der Waals surface area contributed by atoms with E-state index in [0.29, 0.717) is 13.1 Å². The fourth-order valence-electron chi connectivity index (χ4n) is 1.85. The van der Waals surface area contributed by atoms with Crippen LogP contribution in [0.5, 0.6) is 0 Å². The zero-order valence-electron chi connectivity index (χ0n) is 10.6. The molecule has 0 aliphatic rings. The van der Waals surface area contributed by atoms with Crippen molar-refractivity contribution in [3.63, 3.8) is 0 Å². The molecule has 0 bridgehead atoms. The molecular weight excluding hydrogens is 230 g/mol. The molecule has 18 heavy (non-hydrogen) atoms. The van der Waals surface area contributed by atoms with Gasteiger partial charge in [0.15, 0.2) is 0 Å². The van der Waals surface area contributed by atoms with E-state index in [1.165, 1.54) is 0 Å². The van der Waals surface area contributed by atoms with Gasteiger partial charge < -0.3 is 4.90 Å². The maximum Gasteiger partial charge on any atom is 0.227 e. The number of hydrogen-bond donors (Lipinski definition) is 1. The lowest BCUT2D eigenvalue weighted by Gasteiger charge is -2.20. The van der Waals surface area contributed by atoms with Crippen LogP contribution in [0.3, 0.4) is 0 Å². The van der Waals surface area contributed by atoms with Crippen LogP contribution in [0.25, 0.3) is 0 Å². The lowest BCUT2D eigenvalue weighted by Crippen LogP contribution is -2.33. The molecule has 0 radical (unpaired) electrons. The first-order valence-electron chi connectivity index (χ1n) is 5.87. The Hall–Kier alpha value is -2.11. The van der Waals surface area contributed by atoms with Crippen molar-refractivity contribution in [3.05, 3.63) is 36.4 Å². The number of rotatable bonds is 5. The summed E-state index contributed by atoms with van der Waals surface area (Å²) in [5.74, 6) is -0.00192. The number of H-pyrrole nitrogens is 1. The SMILES string of the molecule is CC(Cn1cccn1)C(=O)N(C)Cc1ccn[nH]1. The van der Waals surface area contributed by atoms with Crippen molar-refractivity contribution in [2.45, 2.75) is 20.0 Å². The minimum atomic E-state index is -0.0992. The van der Waals surface area contributed by atoms with Gasteiger partial charge in [-0.2, -0.15) is 10.2 Å². The summed E-state index contributed by atoms with van der Waals surface area (Å²) in [5, 5.41) is 10.8. The Balaban J connectivity index is 1.89. The van der Waals surface area contributed by atoms with Crippen LogP contribution in [0, 0.1) is 5.92 Å². The largest absolute Gasteiger partial charge is 0.340 e. The molecule has 1 N–H and O–H groups in total. The van der Waals surface area contributed by atoms with Gasteiger partial charge in [0, 0.05) is 25.6 Å². The maximum absolute atomic E-state index is 12.1. The van der Waals surface area contributed by atoms with Gasteiger partial charge in [-0.1, -0.05) is 6.92 Å². The lowest BCUT2D eigenvalue weighted by molar-refractivity contribution is -0.134. The van der Waals surface area contributed by atoms with Crippen molar-refractivity contribution in [3.8, 4) is 0 Å². The number of hydrogen-bond acceptors (Lipinski definition) is 3. The molecule has 1 unspecified atom stereocenters. The molecule has 0 saturated heterocycles. The third-order valence-corrected chi connectivity index (χ3v) is 2.78. The molecule has 2 aromatic heterocycles. The molecule has 6 nitrogen and oxygen atoms in total. The van der Waals surface area contributed by atoms with Crippen molar-refractivity contribution >= 4 is 5.91 Å². The van der Waals surface area contributed by atoms with Crippen molar-refractivity contribution in [2.75, 3.05) is 7.05 Å². The zero-order valence-corrected chi connectivity index (χ0v) is 10.6. The van der Waals surface area contributed by atoms with Crippen LogP contribution in [-0.4, -0.2) is 37.8 Å². The first kappa shape index (κ1) is 12.3. The van der Waals surface area contributed by atoms with Crippen LogP contribution < -0.4 is 0 Å². The molecule has 0 aliphatic carbocycles. The highest BCUT2D eigenvalue weighted by Gasteiger charge is 2.18. The van der Waals surface area contributed by atoms with Crippen molar-refractivity contribution < 1.29 is 4.79 Å². The second-order valence-corrected chi connectivity index (χ2v) is 4.41. The van der Waals surface area contributed by atoms with Crippen LogP contribution in [0.15, 0.2) is 30.7 Å². The third-order valence-electron chi connectivity index (χ3n) is 2.78. The van der Waals surface area contributed by atoms with Crippen molar-refractivity contribution in [2.24, 2.45) is 5.92 Å². The van der Waals surface area contributed by atoms with Gasteiger partial charge >= 0.3 is 0 Å². The number of aromatic amines is 1. The van der Waals surface area contributed by atoms with Crippen LogP contribution in [0.1, 0.15) is 12.6 Å². The van der Waals surface area contributed by atoms with Crippen LogP contribution in [-0.2, 0) is 17.9 Å². The van der Waals surface area contributed by atoms with Gasteiger partial charge in [-0.25, -0.2) is 0 Å². The Kier molecular flexibility index (Phi) is 3.76. The average molecular weight is 247 g/mol. The molecule has 1 amide bonds. The molecule has 2 heterocycles. The number of carbonyl (C=O) groups excluding carboxylic acids is 1. The third kappa shape index (κ3) is 2.97. The summed E-state index contributed by atoms with van der Waals surface area (Å²) in [7, 11) is 1.79. The smallest absolute Gasteiger partial charge is 0.227 e. The number of aromatic nitrogens is 4. The number of nitrogens with zero attached hydrogens (tertiary/aromatic N) is 4. The fourth-order valence-corrected chi connectivity index (χ4v) is 1.85. The molecule has 0 fully saturated rings. The summed E-state index contributed by atoms with van der Waals surface area (Å²) in [6, 6.07) is 3.72. The van der Waals surface area contributed by atoms with E-state index >= 15 is 0 Å². The summed E-state index contributed by atoms with van der Waals surface area (Å²) in [6.07, 6.45) is 5.25. The zero-order chi connectivity index (χ0) is 13.0. The van der Waals surface area contributed by atoms with Gasteiger partial charge in [0.05, 0.1) is 24.7 Å². The second-order valence-electron chi connectivity index (χ2n) is 4.41. The Morgan fingerprint density at radius 2 is 2.39 bits per heavy atom. The van der Waals surface area contributed by atoms with E-state index in [1.807, 2.05) is 25.3 Å². The van der Waals surface area contributed by atoms with E-state index in [4.69, 9.17) is 0 Å². The summed E-state index contributed by atoms with van der Waals surface area (Å²) in [6.45, 7) is 3.05. The Bertz CT molecular complexity index is 432. The van der Waals surface area contributed by atoms with E-state index in [1.54, 1.807) is 29.0 Å². The highest BCUT2D eigenvalue weighted by Crippen LogP contribution is 2.07. The summed E-state index contributed by atoms with van der Waals surface area (Å²) in [5.41, 5.74) is 0.928. The van der Waals surface area contributed by atoms with E-state index in [0.717, 1.165) is 5.69 Å². The van der Waals surface area contributed by atoms with Gasteiger partial charge in [0.1, 0.15) is 0 Å². The monoisotopic (exact) mass is 247 g/mol. The molecule has 0 saturated carbocycles. The number of nitrogens with one attached hydrogen (secondary N) is 1. The summed E-state index contributed by atoms with van der Waals surface area (Å²) < 4.78 is 1.77. The van der Waals surface area contributed by atoms with Gasteiger partial charge in [0.2, 0.25) is 5.91 Å². The lowest BCUT2D eigenvalue weighted by atomic mass is 10.1. The molecule has 2 rings (SSSR count). The van der Waals surface area contributed by atoms with Gasteiger partial charge in [-0.3, -0.25) is 14.6 Å². The molecule has 2 aromatic rings. The minimum Gasteiger partial charge on any atom is -0.340 e. The van der Waals surface area contributed by atoms with Gasteiger partial charge in [0.25, 0.3) is 0 Å². The molecule has 96 valence electrons. The Labute approximate surface area is 106 Å². The first-order valence-corrected chi connectivity index (χ1v) is 5.87. The molecule has 6 heteroatoms. The van der Waals surface area contributed by atoms with Crippen LogP contribution in [0.4, 0.5) is 0 Å². The standard InChI is InChI=1S/C12H17N5O/c1-10(8-17-7-3-5-14-17)12(18)16(2)9-11-4-6-13-15-11/h3-7,10H,8-9H2,1-2H3,(H,13,15). The Morgan fingerprint density at radius 3 is 3.00 bits per heavy atom. The molecular formula is C12H17N5O. The normalized spacial score (nSPS) is 12.3. The molecule has 1 atom stereocenters. The predicted octanol–water partition coefficient (Wildman–Crippen LogP) is 0.901. The first-order chi connectivity index (χ1) is 8.66. The Morgan fingerprint density at radius 1 is 1.56 bits per heavy atom. The van der Waals surface area contributed by atoms with E-state index in [-0.39, 0.29) is 11.8 Å². The maximum atomic E-state index is 12.1. The topological polar surface area (TPSA) is 66.8 Å². The molecule has 0 spiro atoms. The molecule has 0 aliphatic heterocycles. The van der Waals surface area contributed by atoms with Crippen molar-refractivity contribution in [1.29, 1.82) is 0 Å². The highest BCUT2D eigenvalue weighted by atomic mass is 16.2. The predicted molar refractivity (Wildman–Crippen MR) is 66.5 cm³/mol. The van der Waals surface area contributed by atoms with E-state index in [9.17, 15) is 4.79 Å². The average Bonchev–Trinajstić information content (AvgIpc) is 3.01. The number of amides is 1. The van der Waals surface area contributed by atoms with E-state index in [2.05, 4.69) is 15.3 Å². The van der Waals surface area contributed by atoms with E-state index < -0.39 is 0 Å². The van der Waals surface area contributed by atoms with Crippen molar-refractivity contribution in [1.82, 2.24) is 24.9 Å². The van der Waals surface area contributed by atoms with Gasteiger partial charge in [-0.05, 0) is 12.1 Å². The minimum absolute atomic E-state index is 0.0973. The summed E-state index contributed by atoms with van der Waals surface area (Å²) in [4.78, 5) is 13.8. The summed E-state index contributed by atoms with van der Waals surface area (Å²) >= 11 is 0. The second kappa shape index (κ2) is 5.48. The quantitative estimate of drug-likeness (QED) is 0.853. The highest BCUT2D eigenvalue weighted by molar-refractivity contribution is 5.78. The van der Waals surface area contributed by atoms with Crippen LogP contribution in [0.2, 0.25) is 0 Å². The van der Waals surface area contributed by atoms with Gasteiger partial charge in [-0.15, -0.1) is 0 Å². The number of carbonyl (C=O) groups is 1.